The van der Waals surface area contributed by atoms with E-state index in [1.54, 1.807) is 24.3 Å². The van der Waals surface area contributed by atoms with E-state index in [-0.39, 0.29) is 23.3 Å². The molecule has 0 aliphatic heterocycles. The fraction of sp³-hybridized carbons (Fsp3) is 0.519. The zero-order valence-corrected chi connectivity index (χ0v) is 20.0. The van der Waals surface area contributed by atoms with Crippen LogP contribution in [0.5, 0.6) is 5.75 Å². The topological polar surface area (TPSA) is 58.2 Å². The molecule has 2 rings (SSSR count). The normalized spacial score (nSPS) is 12.0. The molecule has 0 unspecified atom stereocenters. The van der Waals surface area contributed by atoms with Gasteiger partial charge in [-0.3, -0.25) is 4.79 Å². The summed E-state index contributed by atoms with van der Waals surface area (Å²) < 4.78 is 6.14. The summed E-state index contributed by atoms with van der Waals surface area (Å²) in [6.07, 6.45) is 3.09. The summed E-state index contributed by atoms with van der Waals surface area (Å²) in [6.45, 7) is 13.7. The highest BCUT2D eigenvalue weighted by atomic mass is 16.5. The van der Waals surface area contributed by atoms with Crippen LogP contribution in [0.2, 0.25) is 0 Å². The first kappa shape index (κ1) is 24.9. The van der Waals surface area contributed by atoms with Crippen molar-refractivity contribution in [3.8, 4) is 5.75 Å². The molecule has 0 bridgehead atoms. The summed E-state index contributed by atoms with van der Waals surface area (Å²) in [5, 5.41) is 13.9. The zero-order valence-electron chi connectivity index (χ0n) is 20.0. The van der Waals surface area contributed by atoms with E-state index in [0.29, 0.717) is 30.7 Å². The van der Waals surface area contributed by atoms with Crippen LogP contribution in [0, 0.1) is 0 Å². The maximum atomic E-state index is 12.2. The van der Waals surface area contributed by atoms with Gasteiger partial charge in [-0.15, -0.1) is 0 Å². The number of amides is 1. The molecule has 0 saturated carbocycles. The van der Waals surface area contributed by atoms with Gasteiger partial charge in [-0.2, -0.15) is 0 Å². The molecule has 0 spiro atoms. The summed E-state index contributed by atoms with van der Waals surface area (Å²) in [5.41, 5.74) is 4.03. The van der Waals surface area contributed by atoms with Crippen molar-refractivity contribution in [1.82, 2.24) is 0 Å². The first-order valence-electron chi connectivity index (χ1n) is 11.4. The third kappa shape index (κ3) is 6.83. The fourth-order valence-electron chi connectivity index (χ4n) is 3.38. The van der Waals surface area contributed by atoms with Crippen LogP contribution >= 0.6 is 0 Å². The van der Waals surface area contributed by atoms with E-state index in [0.717, 1.165) is 18.6 Å². The number of nitrogens with one attached hydrogen (secondary N) is 1. The molecular weight excluding hydrogens is 386 g/mol. The molecule has 0 saturated heterocycles. The standard InChI is InChI=1S/C27H38NO3/c1-7-26(3,4)21-14-15-24(23(18-21)27(5,6)8-2)31-16-10-13-25(30)28-22-12-9-11-20(17-22)19-29/h9,11-12,14-15,17-18H,7-8,10,13,16,19H2,1-6H3,(H,28,30). The van der Waals surface area contributed by atoms with E-state index < -0.39 is 0 Å². The summed E-state index contributed by atoms with van der Waals surface area (Å²) in [6, 6.07) is 13.6. The summed E-state index contributed by atoms with van der Waals surface area (Å²) >= 11 is 0. The van der Waals surface area contributed by atoms with E-state index in [1.807, 2.05) is 0 Å². The Balaban J connectivity index is 2.00. The van der Waals surface area contributed by atoms with Crippen LogP contribution in [-0.2, 0) is 27.3 Å². The minimum Gasteiger partial charge on any atom is -0.493 e. The Hall–Kier alpha value is -2.33. The van der Waals surface area contributed by atoms with Crippen LogP contribution in [0.25, 0.3) is 0 Å². The van der Waals surface area contributed by atoms with Crippen molar-refractivity contribution >= 4 is 11.6 Å². The maximum absolute atomic E-state index is 12.2. The molecule has 1 radical (unpaired) electrons. The van der Waals surface area contributed by atoms with Crippen LogP contribution < -0.4 is 10.1 Å². The molecule has 4 nitrogen and oxygen atoms in total. The highest BCUT2D eigenvalue weighted by molar-refractivity contribution is 5.90. The van der Waals surface area contributed by atoms with E-state index >= 15 is 0 Å². The van der Waals surface area contributed by atoms with Crippen LogP contribution in [0.3, 0.4) is 0 Å². The lowest BCUT2D eigenvalue weighted by molar-refractivity contribution is -0.116. The average molecular weight is 425 g/mol. The van der Waals surface area contributed by atoms with Gasteiger partial charge >= 0.3 is 0 Å². The lowest BCUT2D eigenvalue weighted by atomic mass is 9.76. The van der Waals surface area contributed by atoms with E-state index in [4.69, 9.17) is 4.74 Å². The third-order valence-electron chi connectivity index (χ3n) is 6.44. The molecule has 0 atom stereocenters. The van der Waals surface area contributed by atoms with Crippen molar-refractivity contribution in [1.29, 1.82) is 0 Å². The molecule has 2 aromatic rings. The van der Waals surface area contributed by atoms with Crippen molar-refractivity contribution in [3.05, 3.63) is 59.2 Å². The lowest BCUT2D eigenvalue weighted by Gasteiger charge is -2.30. The lowest BCUT2D eigenvalue weighted by Crippen LogP contribution is -2.21. The maximum Gasteiger partial charge on any atom is 0.224 e. The van der Waals surface area contributed by atoms with E-state index in [2.05, 4.69) is 65.1 Å². The zero-order chi connectivity index (χ0) is 23.1. The summed E-state index contributed by atoms with van der Waals surface area (Å²) in [5.74, 6) is 0.840. The number of benzene rings is 2. The smallest absolute Gasteiger partial charge is 0.224 e. The Morgan fingerprint density at radius 3 is 2.32 bits per heavy atom. The largest absolute Gasteiger partial charge is 0.493 e. The Kier molecular flexibility index (Phi) is 8.69. The van der Waals surface area contributed by atoms with Gasteiger partial charge < -0.3 is 10.1 Å². The van der Waals surface area contributed by atoms with Crippen molar-refractivity contribution in [2.45, 2.75) is 84.7 Å². The van der Waals surface area contributed by atoms with Crippen molar-refractivity contribution in [2.75, 3.05) is 11.9 Å². The number of rotatable bonds is 11. The number of hydrogen-bond acceptors (Lipinski definition) is 2. The Labute approximate surface area is 188 Å². The molecular formula is C27H38NO3. The minimum absolute atomic E-state index is 0.0130. The van der Waals surface area contributed by atoms with Gasteiger partial charge in [-0.1, -0.05) is 65.8 Å². The molecule has 1 N–H and O–H groups in total. The molecule has 0 fully saturated rings. The number of carbonyl (C=O) groups excluding carboxylic acids is 1. The highest BCUT2D eigenvalue weighted by Crippen LogP contribution is 2.38. The second-order valence-electron chi connectivity index (χ2n) is 9.53. The molecule has 0 aliphatic rings. The number of ether oxygens (including phenoxy) is 1. The molecule has 1 amide bonds. The van der Waals surface area contributed by atoms with Gasteiger partial charge in [0.15, 0.2) is 0 Å². The number of carbonyl (C=O) groups is 1. The van der Waals surface area contributed by atoms with Gasteiger partial charge in [0.25, 0.3) is 0 Å². The number of anilines is 1. The predicted octanol–water partition coefficient (Wildman–Crippen LogP) is 6.79. The van der Waals surface area contributed by atoms with Crippen LogP contribution in [0.4, 0.5) is 5.69 Å². The molecule has 169 valence electrons. The second-order valence-corrected chi connectivity index (χ2v) is 9.53. The summed E-state index contributed by atoms with van der Waals surface area (Å²) in [7, 11) is 0. The van der Waals surface area contributed by atoms with E-state index in [1.165, 1.54) is 11.1 Å². The van der Waals surface area contributed by atoms with Gasteiger partial charge in [0.2, 0.25) is 5.91 Å². The molecule has 31 heavy (non-hydrogen) atoms. The Bertz CT molecular complexity index is 871. The van der Waals surface area contributed by atoms with Gasteiger partial charge in [0, 0.05) is 17.7 Å². The highest BCUT2D eigenvalue weighted by Gasteiger charge is 2.26. The van der Waals surface area contributed by atoms with Crippen LogP contribution in [0.1, 0.15) is 83.9 Å². The fourth-order valence-corrected chi connectivity index (χ4v) is 3.38. The SMILES string of the molecule is CCC(C)(C)c1ccc(OCCCC(=O)Nc2cccc(C[O])c2)c(C(C)(C)CC)c1. The Morgan fingerprint density at radius 1 is 0.968 bits per heavy atom. The second kappa shape index (κ2) is 10.8. The van der Waals surface area contributed by atoms with Gasteiger partial charge in [-0.05, 0) is 59.4 Å². The van der Waals surface area contributed by atoms with Gasteiger partial charge in [0.1, 0.15) is 12.4 Å². The number of hydrogen-bond donors (Lipinski definition) is 1. The molecule has 4 heteroatoms. The van der Waals surface area contributed by atoms with Crippen molar-refractivity contribution < 1.29 is 14.6 Å². The average Bonchev–Trinajstić information content (AvgIpc) is 2.76. The molecule has 0 aliphatic carbocycles. The molecule has 0 heterocycles. The quantitative estimate of drug-likeness (QED) is 0.404. The van der Waals surface area contributed by atoms with E-state index in [9.17, 15) is 9.90 Å². The van der Waals surface area contributed by atoms with Crippen molar-refractivity contribution in [2.24, 2.45) is 0 Å². The first-order chi connectivity index (χ1) is 14.6. The van der Waals surface area contributed by atoms with Crippen molar-refractivity contribution in [3.63, 3.8) is 0 Å². The third-order valence-corrected chi connectivity index (χ3v) is 6.44. The minimum atomic E-state index is -0.289. The molecule has 0 aromatic heterocycles. The van der Waals surface area contributed by atoms with Crippen LogP contribution in [0.15, 0.2) is 42.5 Å². The van der Waals surface area contributed by atoms with Gasteiger partial charge in [0.05, 0.1) is 6.61 Å². The molecule has 2 aromatic carbocycles. The first-order valence-corrected chi connectivity index (χ1v) is 11.4. The predicted molar refractivity (Wildman–Crippen MR) is 127 cm³/mol. The monoisotopic (exact) mass is 424 g/mol. The van der Waals surface area contributed by atoms with Crippen LogP contribution in [-0.4, -0.2) is 12.5 Å². The summed E-state index contributed by atoms with van der Waals surface area (Å²) in [4.78, 5) is 12.2. The van der Waals surface area contributed by atoms with Gasteiger partial charge in [-0.25, -0.2) is 5.11 Å². The Morgan fingerprint density at radius 2 is 1.68 bits per heavy atom.